The van der Waals surface area contributed by atoms with Gasteiger partial charge in [-0.15, -0.1) is 0 Å². The molecule has 0 fully saturated rings. The molecule has 0 atom stereocenters. The normalized spacial score (nSPS) is 11.8. The quantitative estimate of drug-likeness (QED) is 0.656. The predicted octanol–water partition coefficient (Wildman–Crippen LogP) is 3.57. The summed E-state index contributed by atoms with van der Waals surface area (Å²) in [5.41, 5.74) is 1.54. The third kappa shape index (κ3) is 2.34. The van der Waals surface area contributed by atoms with Crippen LogP contribution in [-0.4, -0.2) is 0 Å². The maximum Gasteiger partial charge on any atom is 0.0962 e. The molecule has 0 radical (unpaired) electrons. The van der Waals surface area contributed by atoms with E-state index in [1.165, 1.54) is 0 Å². The maximum absolute atomic E-state index is 8.77. The molecule has 1 aromatic rings. The van der Waals surface area contributed by atoms with Crippen molar-refractivity contribution < 1.29 is 0 Å². The van der Waals surface area contributed by atoms with E-state index < -0.39 is 0 Å². The van der Waals surface area contributed by atoms with Crippen molar-refractivity contribution in [1.29, 1.82) is 5.26 Å². The van der Waals surface area contributed by atoms with Crippen molar-refractivity contribution in [2.75, 3.05) is 0 Å². The summed E-state index contributed by atoms with van der Waals surface area (Å²) >= 11 is 6.03. The molecule has 0 aliphatic carbocycles. The Morgan fingerprint density at radius 3 is 2.46 bits per heavy atom. The van der Waals surface area contributed by atoms with Crippen LogP contribution >= 0.6 is 11.6 Å². The molecule has 0 heterocycles. The Kier molecular flexibility index (Phi) is 3.54. The first-order valence-electron chi connectivity index (χ1n) is 4.13. The molecule has 2 heteroatoms. The summed E-state index contributed by atoms with van der Waals surface area (Å²) < 4.78 is 0. The summed E-state index contributed by atoms with van der Waals surface area (Å²) in [7, 11) is 0. The monoisotopic (exact) mass is 191 g/mol. The van der Waals surface area contributed by atoms with Crippen LogP contribution < -0.4 is 0 Å². The van der Waals surface area contributed by atoms with Gasteiger partial charge in [0.25, 0.3) is 0 Å². The topological polar surface area (TPSA) is 23.8 Å². The van der Waals surface area contributed by atoms with E-state index in [9.17, 15) is 0 Å². The SMILES string of the molecule is CCC(C#N)=C(Cl)c1ccccc1. The highest BCUT2D eigenvalue weighted by Crippen LogP contribution is 2.23. The molecule has 1 aromatic carbocycles. The second-order valence-electron chi connectivity index (χ2n) is 2.62. The maximum atomic E-state index is 8.77. The van der Waals surface area contributed by atoms with Crippen LogP contribution in [0.1, 0.15) is 18.9 Å². The molecule has 0 unspecified atom stereocenters. The third-order valence-electron chi connectivity index (χ3n) is 1.78. The number of allylic oxidation sites excluding steroid dienone is 1. The van der Waals surface area contributed by atoms with E-state index in [0.717, 1.165) is 5.56 Å². The standard InChI is InChI=1S/C11H10ClN/c1-2-9(8-13)11(12)10-6-4-3-5-7-10/h3-7H,2H2,1H3. The molecule has 66 valence electrons. The van der Waals surface area contributed by atoms with E-state index in [4.69, 9.17) is 16.9 Å². The molecule has 0 aromatic heterocycles. The van der Waals surface area contributed by atoms with Crippen LogP contribution in [0.3, 0.4) is 0 Å². The fraction of sp³-hybridized carbons (Fsp3) is 0.182. The van der Waals surface area contributed by atoms with Crippen molar-refractivity contribution in [3.8, 4) is 6.07 Å². The van der Waals surface area contributed by atoms with Crippen molar-refractivity contribution in [3.05, 3.63) is 41.5 Å². The van der Waals surface area contributed by atoms with Gasteiger partial charge in [-0.1, -0.05) is 48.9 Å². The van der Waals surface area contributed by atoms with Gasteiger partial charge in [0.15, 0.2) is 0 Å². The number of benzene rings is 1. The van der Waals surface area contributed by atoms with Crippen LogP contribution in [-0.2, 0) is 0 Å². The number of hydrogen-bond donors (Lipinski definition) is 0. The van der Waals surface area contributed by atoms with E-state index in [1.54, 1.807) is 0 Å². The highest BCUT2D eigenvalue weighted by atomic mass is 35.5. The summed E-state index contributed by atoms with van der Waals surface area (Å²) in [5.74, 6) is 0. The van der Waals surface area contributed by atoms with Gasteiger partial charge in [0.1, 0.15) is 0 Å². The minimum Gasteiger partial charge on any atom is -0.193 e. The lowest BCUT2D eigenvalue weighted by Crippen LogP contribution is -1.82. The van der Waals surface area contributed by atoms with Crippen LogP contribution in [0.2, 0.25) is 0 Å². The Bertz CT molecular complexity index is 346. The average Bonchev–Trinajstić information content (AvgIpc) is 2.21. The Labute approximate surface area is 83.3 Å². The van der Waals surface area contributed by atoms with Gasteiger partial charge in [-0.25, -0.2) is 0 Å². The summed E-state index contributed by atoms with van der Waals surface area (Å²) in [6, 6.07) is 11.6. The van der Waals surface area contributed by atoms with Crippen LogP contribution in [0.15, 0.2) is 35.9 Å². The molecule has 0 aliphatic heterocycles. The molecule has 0 saturated heterocycles. The van der Waals surface area contributed by atoms with Crippen molar-refractivity contribution in [2.24, 2.45) is 0 Å². The Morgan fingerprint density at radius 1 is 1.38 bits per heavy atom. The second-order valence-corrected chi connectivity index (χ2v) is 3.00. The lowest BCUT2D eigenvalue weighted by Gasteiger charge is -2.00. The minimum absolute atomic E-state index is 0.561. The number of hydrogen-bond acceptors (Lipinski definition) is 1. The van der Waals surface area contributed by atoms with E-state index in [1.807, 2.05) is 37.3 Å². The molecule has 1 nitrogen and oxygen atoms in total. The molecule has 0 amide bonds. The zero-order valence-electron chi connectivity index (χ0n) is 7.42. The van der Waals surface area contributed by atoms with Gasteiger partial charge in [-0.2, -0.15) is 5.26 Å². The number of halogens is 1. The van der Waals surface area contributed by atoms with Crippen molar-refractivity contribution in [2.45, 2.75) is 13.3 Å². The number of nitriles is 1. The fourth-order valence-electron chi connectivity index (χ4n) is 1.04. The number of rotatable bonds is 2. The van der Waals surface area contributed by atoms with Crippen molar-refractivity contribution in [3.63, 3.8) is 0 Å². The lowest BCUT2D eigenvalue weighted by atomic mass is 10.1. The molecule has 0 saturated carbocycles. The summed E-state index contributed by atoms with van der Waals surface area (Å²) in [6.07, 6.45) is 0.671. The van der Waals surface area contributed by atoms with Crippen molar-refractivity contribution >= 4 is 16.6 Å². The number of nitrogens with zero attached hydrogens (tertiary/aromatic N) is 1. The van der Waals surface area contributed by atoms with Crippen molar-refractivity contribution in [1.82, 2.24) is 0 Å². The zero-order valence-corrected chi connectivity index (χ0v) is 8.17. The molecule has 0 N–H and O–H groups in total. The zero-order chi connectivity index (χ0) is 9.68. The fourth-order valence-corrected chi connectivity index (χ4v) is 1.34. The van der Waals surface area contributed by atoms with Gasteiger partial charge in [-0.3, -0.25) is 0 Å². The van der Waals surface area contributed by atoms with E-state index in [0.29, 0.717) is 17.0 Å². The molecule has 1 rings (SSSR count). The van der Waals surface area contributed by atoms with Crippen LogP contribution in [0.25, 0.3) is 5.03 Å². The van der Waals surface area contributed by atoms with Gasteiger partial charge in [-0.05, 0) is 12.0 Å². The smallest absolute Gasteiger partial charge is 0.0962 e. The first-order valence-corrected chi connectivity index (χ1v) is 4.51. The van der Waals surface area contributed by atoms with Gasteiger partial charge in [0.2, 0.25) is 0 Å². The Balaban J connectivity index is 3.11. The van der Waals surface area contributed by atoms with E-state index in [2.05, 4.69) is 6.07 Å². The van der Waals surface area contributed by atoms with E-state index in [-0.39, 0.29) is 0 Å². The summed E-state index contributed by atoms with van der Waals surface area (Å²) in [5, 5.41) is 9.33. The van der Waals surface area contributed by atoms with Gasteiger partial charge >= 0.3 is 0 Å². The molecule has 0 bridgehead atoms. The lowest BCUT2D eigenvalue weighted by molar-refractivity contribution is 1.16. The Hall–Kier alpha value is -1.26. The largest absolute Gasteiger partial charge is 0.193 e. The van der Waals surface area contributed by atoms with Gasteiger partial charge in [0, 0.05) is 5.57 Å². The summed E-state index contributed by atoms with van der Waals surface area (Å²) in [6.45, 7) is 1.92. The molecular weight excluding hydrogens is 182 g/mol. The molecule has 0 spiro atoms. The average molecular weight is 192 g/mol. The molecule has 13 heavy (non-hydrogen) atoms. The van der Waals surface area contributed by atoms with Crippen LogP contribution in [0.5, 0.6) is 0 Å². The van der Waals surface area contributed by atoms with Crippen LogP contribution in [0.4, 0.5) is 0 Å². The van der Waals surface area contributed by atoms with E-state index >= 15 is 0 Å². The minimum atomic E-state index is 0.561. The first-order chi connectivity index (χ1) is 6.29. The van der Waals surface area contributed by atoms with Crippen LogP contribution in [0, 0.1) is 11.3 Å². The molecule has 0 aliphatic rings. The third-order valence-corrected chi connectivity index (χ3v) is 2.23. The first kappa shape index (κ1) is 9.83. The van der Waals surface area contributed by atoms with Gasteiger partial charge in [0.05, 0.1) is 11.1 Å². The second kappa shape index (κ2) is 4.69. The molecular formula is C11H10ClN. The Morgan fingerprint density at radius 2 is 2.00 bits per heavy atom. The predicted molar refractivity (Wildman–Crippen MR) is 55.1 cm³/mol. The van der Waals surface area contributed by atoms with Gasteiger partial charge < -0.3 is 0 Å². The highest BCUT2D eigenvalue weighted by Gasteiger charge is 2.03. The highest BCUT2D eigenvalue weighted by molar-refractivity contribution is 6.49. The summed E-state index contributed by atoms with van der Waals surface area (Å²) in [4.78, 5) is 0.